The minimum absolute atomic E-state index is 0.0221. The molecular weight excluding hydrogens is 446 g/mol. The van der Waals surface area contributed by atoms with Crippen LogP contribution in [0.5, 0.6) is 0 Å². The first kappa shape index (κ1) is 27.4. The van der Waals surface area contributed by atoms with Gasteiger partial charge in [-0.2, -0.15) is 0 Å². The lowest BCUT2D eigenvalue weighted by molar-refractivity contribution is -0.157. The molecule has 0 saturated carbocycles. The van der Waals surface area contributed by atoms with Crippen LogP contribution in [0.1, 0.15) is 60.3 Å². The highest BCUT2D eigenvalue weighted by Crippen LogP contribution is 2.64. The largest absolute Gasteiger partial charge is 0.395 e. The molecule has 0 aromatic carbocycles. The minimum Gasteiger partial charge on any atom is -0.395 e. The van der Waals surface area contributed by atoms with E-state index in [-0.39, 0.29) is 30.9 Å². The van der Waals surface area contributed by atoms with Gasteiger partial charge < -0.3 is 24.5 Å². The van der Waals surface area contributed by atoms with Gasteiger partial charge in [0.1, 0.15) is 11.6 Å². The predicted octanol–water partition coefficient (Wildman–Crippen LogP) is 2.37. The first-order valence-corrected chi connectivity index (χ1v) is 12.9. The van der Waals surface area contributed by atoms with E-state index in [0.717, 1.165) is 6.42 Å². The summed E-state index contributed by atoms with van der Waals surface area (Å²) < 4.78 is 6.79. The molecule has 0 aromatic rings. The monoisotopic (exact) mass is 489 g/mol. The topological polar surface area (TPSA) is 90.4 Å². The quantitative estimate of drug-likeness (QED) is 0.450. The van der Waals surface area contributed by atoms with Gasteiger partial charge in [-0.05, 0) is 46.5 Å². The van der Waals surface area contributed by atoms with Crippen molar-refractivity contribution in [2.45, 2.75) is 83.1 Å². The number of aliphatic hydroxyl groups excluding tert-OH is 1. The van der Waals surface area contributed by atoms with Crippen molar-refractivity contribution in [3.63, 3.8) is 0 Å². The molecule has 3 aliphatic rings. The Bertz CT molecular complexity index is 867. The number of likely N-dealkylation sites (tertiary alicyclic amines) is 1. The van der Waals surface area contributed by atoms with E-state index < -0.39 is 34.6 Å². The first-order valence-electron chi connectivity index (χ1n) is 12.9. The summed E-state index contributed by atoms with van der Waals surface area (Å²) in [5, 5.41) is 9.81. The van der Waals surface area contributed by atoms with E-state index in [1.165, 1.54) is 4.90 Å². The van der Waals surface area contributed by atoms with E-state index in [1.807, 2.05) is 34.6 Å². The summed E-state index contributed by atoms with van der Waals surface area (Å²) in [5.41, 5.74) is -2.38. The van der Waals surface area contributed by atoms with Gasteiger partial charge in [0.2, 0.25) is 17.7 Å². The Morgan fingerprint density at radius 1 is 1.17 bits per heavy atom. The van der Waals surface area contributed by atoms with Gasteiger partial charge in [0.25, 0.3) is 0 Å². The number of fused-ring (bicyclic) bond motifs is 1. The first-order chi connectivity index (χ1) is 16.5. The summed E-state index contributed by atoms with van der Waals surface area (Å²) in [4.78, 5) is 47.0. The van der Waals surface area contributed by atoms with Crippen molar-refractivity contribution >= 4 is 17.7 Å². The van der Waals surface area contributed by atoms with Crippen molar-refractivity contribution in [3.8, 4) is 0 Å². The fourth-order valence-electron chi connectivity index (χ4n) is 6.61. The standard InChI is InChI=1S/C27H43N3O5/c1-8-14-28(15-9-2)22(32)19-20-23(33)29(17-18-31)21(24(34)30(16-10-3)25(5,6)7)27(20)13-12-26(19,11-4)35-27/h8,10,19-21,31H,1,3,9,11-18H2,2,4-7H3/t19-,20-,21?,26+,27?/m0/s1. The van der Waals surface area contributed by atoms with Gasteiger partial charge >= 0.3 is 0 Å². The van der Waals surface area contributed by atoms with Crippen LogP contribution >= 0.6 is 0 Å². The summed E-state index contributed by atoms with van der Waals surface area (Å²) in [6, 6.07) is -0.892. The molecule has 35 heavy (non-hydrogen) atoms. The van der Waals surface area contributed by atoms with Crippen molar-refractivity contribution < 1.29 is 24.2 Å². The number of β-amino-alcohol motifs (C(OH)–C–C–N with tert-alkyl or cyclic N) is 1. The zero-order valence-electron chi connectivity index (χ0n) is 22.1. The van der Waals surface area contributed by atoms with Crippen LogP contribution in [0, 0.1) is 11.8 Å². The molecule has 3 saturated heterocycles. The maximum absolute atomic E-state index is 14.2. The number of ether oxygens (including phenoxy) is 1. The van der Waals surface area contributed by atoms with Crippen molar-refractivity contribution in [2.75, 3.05) is 32.8 Å². The Morgan fingerprint density at radius 3 is 2.34 bits per heavy atom. The molecular formula is C27H43N3O5. The van der Waals surface area contributed by atoms with Crippen molar-refractivity contribution in [1.29, 1.82) is 0 Å². The molecule has 0 radical (unpaired) electrons. The fraction of sp³-hybridized carbons (Fsp3) is 0.741. The van der Waals surface area contributed by atoms with Crippen LogP contribution < -0.4 is 0 Å². The van der Waals surface area contributed by atoms with E-state index in [9.17, 15) is 19.5 Å². The van der Waals surface area contributed by atoms with E-state index in [4.69, 9.17) is 4.74 Å². The number of rotatable bonds is 11. The number of hydrogen-bond acceptors (Lipinski definition) is 5. The molecule has 0 aliphatic carbocycles. The lowest BCUT2D eigenvalue weighted by Gasteiger charge is -2.42. The highest BCUT2D eigenvalue weighted by Gasteiger charge is 2.79. The lowest BCUT2D eigenvalue weighted by Crippen LogP contribution is -2.60. The van der Waals surface area contributed by atoms with Crippen LogP contribution in [0.15, 0.2) is 25.3 Å². The molecule has 3 aliphatic heterocycles. The van der Waals surface area contributed by atoms with Gasteiger partial charge in [-0.3, -0.25) is 14.4 Å². The second-order valence-electron chi connectivity index (χ2n) is 11.1. The summed E-state index contributed by atoms with van der Waals surface area (Å²) in [5.74, 6) is -2.02. The normalized spacial score (nSPS) is 31.4. The van der Waals surface area contributed by atoms with Gasteiger partial charge in [-0.1, -0.05) is 26.0 Å². The summed E-state index contributed by atoms with van der Waals surface area (Å²) >= 11 is 0. The van der Waals surface area contributed by atoms with Crippen LogP contribution in [0.25, 0.3) is 0 Å². The number of nitrogens with zero attached hydrogens (tertiary/aromatic N) is 3. The Balaban J connectivity index is 2.13. The number of hydrogen-bond donors (Lipinski definition) is 1. The molecule has 2 unspecified atom stereocenters. The molecule has 5 atom stereocenters. The molecule has 3 heterocycles. The Kier molecular flexibility index (Phi) is 7.87. The summed E-state index contributed by atoms with van der Waals surface area (Å²) in [6.07, 6.45) is 5.89. The van der Waals surface area contributed by atoms with Crippen molar-refractivity contribution in [2.24, 2.45) is 11.8 Å². The van der Waals surface area contributed by atoms with Gasteiger partial charge in [-0.25, -0.2) is 0 Å². The van der Waals surface area contributed by atoms with Crippen molar-refractivity contribution in [1.82, 2.24) is 14.7 Å². The molecule has 3 fully saturated rings. The second-order valence-corrected chi connectivity index (χ2v) is 11.1. The molecule has 2 bridgehead atoms. The second kappa shape index (κ2) is 10.1. The smallest absolute Gasteiger partial charge is 0.249 e. The number of aliphatic hydroxyl groups is 1. The van der Waals surface area contributed by atoms with E-state index in [1.54, 1.807) is 22.0 Å². The minimum atomic E-state index is -1.09. The average Bonchev–Trinajstić information content (AvgIpc) is 3.40. The molecule has 3 rings (SSSR count). The SMILES string of the molecule is C=CCN(CCC)C(=O)[C@@H]1[C@H]2C(=O)N(CCO)C(C(=O)N(CC=C)C(C)(C)C)C23CC[C@@]1(CC)O3. The Morgan fingerprint density at radius 2 is 1.83 bits per heavy atom. The van der Waals surface area contributed by atoms with Crippen LogP contribution in [-0.2, 0) is 19.1 Å². The molecule has 1 spiro atoms. The molecule has 3 amide bonds. The van der Waals surface area contributed by atoms with Gasteiger partial charge in [0.15, 0.2) is 0 Å². The third kappa shape index (κ3) is 4.22. The van der Waals surface area contributed by atoms with Crippen LogP contribution in [-0.4, -0.2) is 93.1 Å². The number of carbonyl (C=O) groups excluding carboxylic acids is 3. The van der Waals surface area contributed by atoms with Crippen molar-refractivity contribution in [3.05, 3.63) is 25.3 Å². The number of amides is 3. The Hall–Kier alpha value is -2.19. The Labute approximate surface area is 210 Å². The average molecular weight is 490 g/mol. The zero-order chi connectivity index (χ0) is 26.2. The molecule has 0 aromatic heterocycles. The van der Waals surface area contributed by atoms with Crippen LogP contribution in [0.4, 0.5) is 0 Å². The highest BCUT2D eigenvalue weighted by atomic mass is 16.5. The van der Waals surface area contributed by atoms with Gasteiger partial charge in [-0.15, -0.1) is 13.2 Å². The van der Waals surface area contributed by atoms with Gasteiger partial charge in [0, 0.05) is 31.7 Å². The lowest BCUT2D eigenvalue weighted by atomic mass is 9.64. The van der Waals surface area contributed by atoms with Gasteiger partial charge in [0.05, 0.1) is 24.0 Å². The summed E-state index contributed by atoms with van der Waals surface area (Å²) in [7, 11) is 0. The maximum atomic E-state index is 14.2. The summed E-state index contributed by atoms with van der Waals surface area (Å²) in [6.45, 7) is 18.5. The highest BCUT2D eigenvalue weighted by molar-refractivity contribution is 5.99. The molecule has 196 valence electrons. The third-order valence-electron chi connectivity index (χ3n) is 8.06. The molecule has 8 heteroatoms. The molecule has 8 nitrogen and oxygen atoms in total. The fourth-order valence-corrected chi connectivity index (χ4v) is 6.61. The maximum Gasteiger partial charge on any atom is 0.249 e. The van der Waals surface area contributed by atoms with Crippen LogP contribution in [0.3, 0.4) is 0 Å². The van der Waals surface area contributed by atoms with E-state index in [2.05, 4.69) is 13.2 Å². The predicted molar refractivity (Wildman–Crippen MR) is 134 cm³/mol. The number of carbonyl (C=O) groups is 3. The third-order valence-corrected chi connectivity index (χ3v) is 8.06. The van der Waals surface area contributed by atoms with E-state index in [0.29, 0.717) is 38.9 Å². The molecule has 1 N–H and O–H groups in total. The zero-order valence-corrected chi connectivity index (χ0v) is 22.1. The van der Waals surface area contributed by atoms with Crippen LogP contribution in [0.2, 0.25) is 0 Å². The van der Waals surface area contributed by atoms with E-state index >= 15 is 0 Å².